The van der Waals surface area contributed by atoms with Gasteiger partial charge in [-0.05, 0) is 38.5 Å². The lowest BCUT2D eigenvalue weighted by molar-refractivity contribution is -0.138. The Balaban J connectivity index is 1.87. The van der Waals surface area contributed by atoms with Crippen molar-refractivity contribution in [3.8, 4) is 23.0 Å². The van der Waals surface area contributed by atoms with Gasteiger partial charge in [0.15, 0.2) is 27.8 Å². The first kappa shape index (κ1) is 31.6. The predicted octanol–water partition coefficient (Wildman–Crippen LogP) is 5.14. The summed E-state index contributed by atoms with van der Waals surface area (Å²) in [5.74, 6) is 1.45. The maximum absolute atomic E-state index is 14.4. The fourth-order valence-electron chi connectivity index (χ4n) is 5.25. The number of methoxy groups -OCH3 is 2. The minimum atomic E-state index is -0.920. The predicted molar refractivity (Wildman–Crippen MR) is 174 cm³/mol. The van der Waals surface area contributed by atoms with E-state index in [0.29, 0.717) is 67.9 Å². The van der Waals surface area contributed by atoms with Crippen molar-refractivity contribution in [1.82, 2.24) is 4.57 Å². The third-order valence-corrected chi connectivity index (χ3v) is 8.14. The van der Waals surface area contributed by atoms with Gasteiger partial charge in [0.2, 0.25) is 0 Å². The summed E-state index contributed by atoms with van der Waals surface area (Å²) in [7, 11) is 3.13. The fraction of sp³-hybridized carbons (Fsp3) is 0.286. The van der Waals surface area contributed by atoms with Gasteiger partial charge < -0.3 is 23.7 Å². The molecule has 5 rings (SSSR count). The van der Waals surface area contributed by atoms with Crippen LogP contribution < -0.4 is 33.8 Å². The molecule has 0 radical (unpaired) electrons. The third kappa shape index (κ3) is 6.23. The van der Waals surface area contributed by atoms with Crippen molar-refractivity contribution in [3.63, 3.8) is 0 Å². The van der Waals surface area contributed by atoms with E-state index in [1.807, 2.05) is 74.5 Å². The second-order valence-electron chi connectivity index (χ2n) is 9.97. The molecule has 10 heteroatoms. The van der Waals surface area contributed by atoms with Crippen molar-refractivity contribution in [2.24, 2.45) is 4.99 Å². The number of ether oxygens (including phenoxy) is 5. The number of carbonyl (C=O) groups is 1. The van der Waals surface area contributed by atoms with Crippen molar-refractivity contribution in [2.75, 3.05) is 34.0 Å². The molecule has 0 N–H and O–H groups in total. The van der Waals surface area contributed by atoms with Crippen molar-refractivity contribution in [2.45, 2.75) is 33.2 Å². The summed E-state index contributed by atoms with van der Waals surface area (Å²) in [6.07, 6.45) is 2.52. The molecule has 234 valence electrons. The van der Waals surface area contributed by atoms with E-state index >= 15 is 0 Å². The first-order valence-corrected chi connectivity index (χ1v) is 15.7. The molecule has 4 aromatic rings. The van der Waals surface area contributed by atoms with Gasteiger partial charge in [0.1, 0.15) is 6.04 Å². The Morgan fingerprint density at radius 1 is 0.889 bits per heavy atom. The van der Waals surface area contributed by atoms with Crippen molar-refractivity contribution in [3.05, 3.63) is 109 Å². The van der Waals surface area contributed by atoms with Crippen molar-refractivity contribution >= 4 is 29.1 Å². The summed E-state index contributed by atoms with van der Waals surface area (Å²) >= 11 is 1.23. The quantitative estimate of drug-likeness (QED) is 0.201. The van der Waals surface area contributed by atoms with E-state index in [4.69, 9.17) is 28.7 Å². The molecule has 0 saturated carbocycles. The number of benzene rings is 3. The van der Waals surface area contributed by atoms with Gasteiger partial charge in [0.25, 0.3) is 5.56 Å². The smallest absolute Gasteiger partial charge is 0.338 e. The van der Waals surface area contributed by atoms with E-state index in [1.165, 1.54) is 11.3 Å². The summed E-state index contributed by atoms with van der Waals surface area (Å²) in [5, 5.41) is 0. The summed E-state index contributed by atoms with van der Waals surface area (Å²) in [5.41, 5.74) is 2.30. The van der Waals surface area contributed by atoms with Gasteiger partial charge in [0.05, 0.1) is 49.8 Å². The molecule has 0 bridgehead atoms. The van der Waals surface area contributed by atoms with Crippen LogP contribution in [0.15, 0.2) is 82.1 Å². The Morgan fingerprint density at radius 2 is 1.60 bits per heavy atom. The Bertz CT molecular complexity index is 1890. The zero-order chi connectivity index (χ0) is 31.9. The second-order valence-corrected chi connectivity index (χ2v) is 11.0. The third-order valence-electron chi connectivity index (χ3n) is 7.15. The van der Waals surface area contributed by atoms with Crippen LogP contribution in [0.5, 0.6) is 23.0 Å². The van der Waals surface area contributed by atoms with Gasteiger partial charge in [-0.25, -0.2) is 9.79 Å². The van der Waals surface area contributed by atoms with E-state index in [2.05, 4.69) is 0 Å². The molecular weight excluding hydrogens is 592 g/mol. The Labute approximate surface area is 265 Å². The number of rotatable bonds is 12. The number of carbonyl (C=O) groups excluding carboxylic acids is 1. The number of thiazole rings is 1. The van der Waals surface area contributed by atoms with Gasteiger partial charge in [-0.2, -0.15) is 0 Å². The van der Waals surface area contributed by atoms with E-state index in [1.54, 1.807) is 37.9 Å². The highest BCUT2D eigenvalue weighted by molar-refractivity contribution is 7.07. The summed E-state index contributed by atoms with van der Waals surface area (Å²) in [6.45, 7) is 6.62. The lowest BCUT2D eigenvalue weighted by atomic mass is 9.92. The minimum Gasteiger partial charge on any atom is -0.493 e. The number of para-hydroxylation sites is 2. The first-order chi connectivity index (χ1) is 22.0. The monoisotopic (exact) mass is 628 g/mol. The summed E-state index contributed by atoms with van der Waals surface area (Å²) in [6, 6.07) is 19.5. The molecule has 0 amide bonds. The number of esters is 1. The number of hydrogen-bond acceptors (Lipinski definition) is 9. The van der Waals surface area contributed by atoms with Crippen LogP contribution in [0, 0.1) is 0 Å². The van der Waals surface area contributed by atoms with Crippen LogP contribution in [0.2, 0.25) is 0 Å². The Hall–Kier alpha value is -4.83. The molecule has 0 aliphatic carbocycles. The molecule has 1 atom stereocenters. The maximum Gasteiger partial charge on any atom is 0.338 e. The molecule has 1 aliphatic rings. The highest BCUT2D eigenvalue weighted by Crippen LogP contribution is 2.42. The molecule has 3 aromatic carbocycles. The summed E-state index contributed by atoms with van der Waals surface area (Å²) in [4.78, 5) is 33.7. The normalized spacial score (nSPS) is 14.4. The Morgan fingerprint density at radius 3 is 2.27 bits per heavy atom. The molecule has 9 nitrogen and oxygen atoms in total. The Kier molecular flexibility index (Phi) is 10.0. The molecule has 0 saturated heterocycles. The highest BCUT2D eigenvalue weighted by Gasteiger charge is 2.37. The van der Waals surface area contributed by atoms with Gasteiger partial charge in [-0.15, -0.1) is 0 Å². The SMILES string of the molecule is CCCOc1c(OC)cccc1[C@@H]1C(C(=O)OCC)=C(c2ccccc2)N=c2s/c(=C\c3cccc(OC)c3OCC)c(=O)n21. The van der Waals surface area contributed by atoms with E-state index in [0.717, 1.165) is 6.42 Å². The summed E-state index contributed by atoms with van der Waals surface area (Å²) < 4.78 is 30.9. The van der Waals surface area contributed by atoms with Gasteiger partial charge in [-0.1, -0.05) is 72.9 Å². The van der Waals surface area contributed by atoms with Crippen molar-refractivity contribution in [1.29, 1.82) is 0 Å². The van der Waals surface area contributed by atoms with Crippen LogP contribution in [0.25, 0.3) is 11.8 Å². The average Bonchev–Trinajstić information content (AvgIpc) is 3.38. The van der Waals surface area contributed by atoms with Crippen LogP contribution in [0.4, 0.5) is 0 Å². The number of nitrogens with zero attached hydrogens (tertiary/aromatic N) is 2. The number of hydrogen-bond donors (Lipinski definition) is 0. The van der Waals surface area contributed by atoms with Crippen molar-refractivity contribution < 1.29 is 28.5 Å². The van der Waals surface area contributed by atoms with Crippen LogP contribution >= 0.6 is 11.3 Å². The standard InChI is InChI=1S/C35H36N2O7S/c1-6-20-44-32-24(17-13-19-26(32)41-5)30-28(34(39)43-8-3)29(22-14-10-9-11-15-22)36-35-37(30)33(38)27(45-35)21-23-16-12-18-25(40-4)31(23)42-7-2/h9-19,21,30H,6-8,20H2,1-5H3/b27-21-/t30-/m1/s1. The second kappa shape index (κ2) is 14.3. The molecule has 0 fully saturated rings. The van der Waals surface area contributed by atoms with Crippen LogP contribution in [0.3, 0.4) is 0 Å². The highest BCUT2D eigenvalue weighted by atomic mass is 32.1. The topological polar surface area (TPSA) is 97.6 Å². The van der Waals surface area contributed by atoms with Gasteiger partial charge >= 0.3 is 5.97 Å². The van der Waals surface area contributed by atoms with Crippen LogP contribution in [0.1, 0.15) is 49.9 Å². The largest absolute Gasteiger partial charge is 0.493 e. The maximum atomic E-state index is 14.4. The molecule has 0 spiro atoms. The average molecular weight is 629 g/mol. The van der Waals surface area contributed by atoms with Crippen LogP contribution in [-0.4, -0.2) is 44.6 Å². The fourth-order valence-corrected chi connectivity index (χ4v) is 6.24. The van der Waals surface area contributed by atoms with Gasteiger partial charge in [0, 0.05) is 16.7 Å². The number of fused-ring (bicyclic) bond motifs is 1. The zero-order valence-corrected chi connectivity index (χ0v) is 26.8. The lowest BCUT2D eigenvalue weighted by Crippen LogP contribution is -2.40. The van der Waals surface area contributed by atoms with E-state index in [9.17, 15) is 9.59 Å². The van der Waals surface area contributed by atoms with Gasteiger partial charge in [-0.3, -0.25) is 9.36 Å². The first-order valence-electron chi connectivity index (χ1n) is 14.8. The van der Waals surface area contributed by atoms with Crippen LogP contribution in [-0.2, 0) is 9.53 Å². The van der Waals surface area contributed by atoms with E-state index < -0.39 is 12.0 Å². The molecule has 0 unspecified atom stereocenters. The molecule has 1 aliphatic heterocycles. The lowest BCUT2D eigenvalue weighted by Gasteiger charge is -2.27. The molecule has 1 aromatic heterocycles. The zero-order valence-electron chi connectivity index (χ0n) is 26.0. The number of aromatic nitrogens is 1. The molecule has 2 heterocycles. The molecule has 45 heavy (non-hydrogen) atoms. The molecular formula is C35H36N2O7S. The van der Waals surface area contributed by atoms with E-state index in [-0.39, 0.29) is 17.7 Å². The minimum absolute atomic E-state index is 0.148.